The maximum atomic E-state index is 12.1. The highest BCUT2D eigenvalue weighted by Gasteiger charge is 2.17. The Balaban J connectivity index is 2.16. The summed E-state index contributed by atoms with van der Waals surface area (Å²) in [4.78, 5) is 5.11. The predicted octanol–water partition coefficient (Wildman–Crippen LogP) is 0.761. The van der Waals surface area contributed by atoms with Crippen molar-refractivity contribution in [2.75, 3.05) is 0 Å². The third-order valence-electron chi connectivity index (χ3n) is 2.82. The van der Waals surface area contributed by atoms with E-state index in [1.807, 2.05) is 6.92 Å². The molecule has 0 radical (unpaired) electrons. The summed E-state index contributed by atoms with van der Waals surface area (Å²) in [6, 6.07) is 1.46. The van der Waals surface area contributed by atoms with Crippen LogP contribution in [0, 0.1) is 6.92 Å². The molecular weight excluding hydrogens is 286 g/mol. The van der Waals surface area contributed by atoms with E-state index in [0.717, 1.165) is 10.6 Å². The second-order valence-electron chi connectivity index (χ2n) is 4.12. The first kappa shape index (κ1) is 14.2. The van der Waals surface area contributed by atoms with E-state index >= 15 is 0 Å². The normalized spacial score (nSPS) is 11.9. The lowest BCUT2D eigenvalue weighted by molar-refractivity contribution is 0.272. The van der Waals surface area contributed by atoms with Gasteiger partial charge in [0, 0.05) is 30.4 Å². The van der Waals surface area contributed by atoms with Gasteiger partial charge in [-0.15, -0.1) is 11.3 Å². The number of hydrogen-bond acceptors (Lipinski definition) is 5. The molecule has 2 heterocycles. The largest absolute Gasteiger partial charge is 0.390 e. The summed E-state index contributed by atoms with van der Waals surface area (Å²) in [5, 5.41) is 9.07. The van der Waals surface area contributed by atoms with Crippen molar-refractivity contribution in [2.45, 2.75) is 25.0 Å². The average molecular weight is 301 g/mol. The monoisotopic (exact) mass is 301 g/mol. The molecule has 0 unspecified atom stereocenters. The Labute approximate surface area is 115 Å². The third kappa shape index (κ3) is 3.03. The van der Waals surface area contributed by atoms with E-state index in [4.69, 9.17) is 5.11 Å². The van der Waals surface area contributed by atoms with E-state index in [-0.39, 0.29) is 18.0 Å². The lowest BCUT2D eigenvalue weighted by atomic mass is 10.4. The Morgan fingerprint density at radius 1 is 1.53 bits per heavy atom. The minimum Gasteiger partial charge on any atom is -0.390 e. The molecule has 6 nitrogen and oxygen atoms in total. The number of nitrogens with one attached hydrogen (secondary N) is 1. The molecule has 0 aromatic carbocycles. The van der Waals surface area contributed by atoms with Crippen LogP contribution in [0.5, 0.6) is 0 Å². The molecule has 0 aliphatic rings. The highest BCUT2D eigenvalue weighted by Crippen LogP contribution is 2.16. The van der Waals surface area contributed by atoms with Crippen LogP contribution in [0.15, 0.2) is 22.7 Å². The van der Waals surface area contributed by atoms with Crippen molar-refractivity contribution in [3.05, 3.63) is 34.0 Å². The fourth-order valence-corrected chi connectivity index (χ4v) is 3.52. The SMILES string of the molecule is Cc1ncsc1CNS(=O)(=O)c1cc(CO)n(C)c1. The minimum absolute atomic E-state index is 0.154. The Morgan fingerprint density at radius 2 is 2.26 bits per heavy atom. The number of sulfonamides is 1. The van der Waals surface area contributed by atoms with Crippen LogP contribution in [0.25, 0.3) is 0 Å². The molecule has 0 atom stereocenters. The van der Waals surface area contributed by atoms with Crippen LogP contribution in [-0.2, 0) is 30.2 Å². The van der Waals surface area contributed by atoms with E-state index in [2.05, 4.69) is 9.71 Å². The Kier molecular flexibility index (Phi) is 4.04. The van der Waals surface area contributed by atoms with Gasteiger partial charge in [-0.05, 0) is 13.0 Å². The molecule has 0 saturated heterocycles. The Bertz CT molecular complexity index is 673. The summed E-state index contributed by atoms with van der Waals surface area (Å²) in [7, 11) is -1.88. The van der Waals surface area contributed by atoms with Crippen LogP contribution in [0.1, 0.15) is 16.3 Å². The number of aryl methyl sites for hydroxylation is 2. The molecule has 2 aromatic rings. The molecule has 0 spiro atoms. The summed E-state index contributed by atoms with van der Waals surface area (Å²) in [6.07, 6.45) is 1.48. The van der Waals surface area contributed by atoms with Crippen LogP contribution < -0.4 is 4.72 Å². The zero-order valence-electron chi connectivity index (χ0n) is 10.6. The number of hydrogen-bond donors (Lipinski definition) is 2. The van der Waals surface area contributed by atoms with E-state index in [1.165, 1.54) is 23.6 Å². The first-order valence-corrected chi connectivity index (χ1v) is 7.95. The smallest absolute Gasteiger partial charge is 0.242 e. The molecule has 0 bridgehead atoms. The predicted molar refractivity (Wildman–Crippen MR) is 72.2 cm³/mol. The molecule has 0 aliphatic heterocycles. The molecule has 2 aromatic heterocycles. The molecule has 0 aliphatic carbocycles. The summed E-state index contributed by atoms with van der Waals surface area (Å²) < 4.78 is 28.3. The number of aliphatic hydroxyl groups excluding tert-OH is 1. The van der Waals surface area contributed by atoms with Gasteiger partial charge in [0.2, 0.25) is 10.0 Å². The Hall–Kier alpha value is -1.22. The lowest BCUT2D eigenvalue weighted by Crippen LogP contribution is -2.22. The number of aliphatic hydroxyl groups is 1. The highest BCUT2D eigenvalue weighted by atomic mass is 32.2. The van der Waals surface area contributed by atoms with Gasteiger partial charge >= 0.3 is 0 Å². The Morgan fingerprint density at radius 3 is 2.79 bits per heavy atom. The van der Waals surface area contributed by atoms with Crippen molar-refractivity contribution in [3.63, 3.8) is 0 Å². The van der Waals surface area contributed by atoms with Gasteiger partial charge in [0.1, 0.15) is 0 Å². The topological polar surface area (TPSA) is 84.2 Å². The van der Waals surface area contributed by atoms with E-state index in [0.29, 0.717) is 5.69 Å². The zero-order chi connectivity index (χ0) is 14.0. The first-order chi connectivity index (χ1) is 8.94. The third-order valence-corrected chi connectivity index (χ3v) is 5.13. The van der Waals surface area contributed by atoms with E-state index < -0.39 is 10.0 Å². The molecule has 19 heavy (non-hydrogen) atoms. The molecule has 0 fully saturated rings. The lowest BCUT2D eigenvalue weighted by Gasteiger charge is -2.03. The van der Waals surface area contributed by atoms with Crippen LogP contribution in [0.2, 0.25) is 0 Å². The van der Waals surface area contributed by atoms with Crippen molar-refractivity contribution in [1.29, 1.82) is 0 Å². The summed E-state index contributed by atoms with van der Waals surface area (Å²) in [5.41, 5.74) is 3.07. The van der Waals surface area contributed by atoms with Crippen molar-refractivity contribution < 1.29 is 13.5 Å². The second-order valence-corrected chi connectivity index (χ2v) is 6.83. The van der Waals surface area contributed by atoms with Gasteiger partial charge in [-0.1, -0.05) is 0 Å². The summed E-state index contributed by atoms with van der Waals surface area (Å²) >= 11 is 1.42. The van der Waals surface area contributed by atoms with Gasteiger partial charge < -0.3 is 9.67 Å². The van der Waals surface area contributed by atoms with Crippen LogP contribution in [0.3, 0.4) is 0 Å². The van der Waals surface area contributed by atoms with Crippen LogP contribution >= 0.6 is 11.3 Å². The van der Waals surface area contributed by atoms with Gasteiger partial charge in [-0.3, -0.25) is 0 Å². The number of nitrogens with zero attached hydrogens (tertiary/aromatic N) is 2. The fourth-order valence-electron chi connectivity index (χ4n) is 1.62. The highest BCUT2D eigenvalue weighted by molar-refractivity contribution is 7.89. The molecule has 8 heteroatoms. The van der Waals surface area contributed by atoms with Gasteiger partial charge in [-0.2, -0.15) is 0 Å². The quantitative estimate of drug-likeness (QED) is 0.854. The van der Waals surface area contributed by atoms with Gasteiger partial charge in [0.15, 0.2) is 0 Å². The molecule has 2 N–H and O–H groups in total. The van der Waals surface area contributed by atoms with Gasteiger partial charge in [0.25, 0.3) is 0 Å². The molecule has 2 rings (SSSR count). The molecule has 0 amide bonds. The first-order valence-electron chi connectivity index (χ1n) is 5.59. The van der Waals surface area contributed by atoms with Gasteiger partial charge in [-0.25, -0.2) is 18.1 Å². The van der Waals surface area contributed by atoms with Crippen molar-refractivity contribution in [2.24, 2.45) is 7.05 Å². The number of aromatic nitrogens is 2. The zero-order valence-corrected chi connectivity index (χ0v) is 12.3. The maximum absolute atomic E-state index is 12.1. The van der Waals surface area contributed by atoms with Gasteiger partial charge in [0.05, 0.1) is 22.7 Å². The van der Waals surface area contributed by atoms with Crippen molar-refractivity contribution in [3.8, 4) is 0 Å². The van der Waals surface area contributed by atoms with E-state index in [1.54, 1.807) is 17.1 Å². The minimum atomic E-state index is -3.57. The van der Waals surface area contributed by atoms with Crippen molar-refractivity contribution in [1.82, 2.24) is 14.3 Å². The van der Waals surface area contributed by atoms with Crippen LogP contribution in [-0.4, -0.2) is 23.1 Å². The van der Waals surface area contributed by atoms with Crippen LogP contribution in [0.4, 0.5) is 0 Å². The average Bonchev–Trinajstić information content (AvgIpc) is 2.93. The standard InChI is InChI=1S/C11H15N3O3S2/c1-8-11(18-7-12-8)4-13-19(16,17)10-3-9(6-15)14(2)5-10/h3,5,7,13,15H,4,6H2,1-2H3. The van der Waals surface area contributed by atoms with Crippen molar-refractivity contribution >= 4 is 21.4 Å². The molecule has 104 valence electrons. The summed E-state index contributed by atoms with van der Waals surface area (Å²) in [5.74, 6) is 0. The molecule has 0 saturated carbocycles. The summed E-state index contributed by atoms with van der Waals surface area (Å²) in [6.45, 7) is 1.87. The number of rotatable bonds is 5. The van der Waals surface area contributed by atoms with E-state index in [9.17, 15) is 8.42 Å². The maximum Gasteiger partial charge on any atom is 0.242 e. The number of thiazole rings is 1. The molecular formula is C11H15N3O3S2. The fraction of sp³-hybridized carbons (Fsp3) is 0.364. The second kappa shape index (κ2) is 5.41.